The van der Waals surface area contributed by atoms with Gasteiger partial charge < -0.3 is 15.6 Å². The van der Waals surface area contributed by atoms with E-state index < -0.39 is 0 Å². The number of pyridine rings is 3. The van der Waals surface area contributed by atoms with Crippen LogP contribution in [0.1, 0.15) is 19.3 Å². The van der Waals surface area contributed by atoms with E-state index in [0.717, 1.165) is 81.5 Å². The highest BCUT2D eigenvalue weighted by atomic mass is 16.1. The molecule has 0 radical (unpaired) electrons. The van der Waals surface area contributed by atoms with E-state index >= 15 is 0 Å². The number of nitrogens with zero attached hydrogens (tertiary/aromatic N) is 4. The van der Waals surface area contributed by atoms with Crippen molar-refractivity contribution in [3.05, 3.63) is 79.5 Å². The van der Waals surface area contributed by atoms with Crippen molar-refractivity contribution in [3.63, 3.8) is 0 Å². The molecule has 1 aliphatic rings. The lowest BCUT2D eigenvalue weighted by atomic mass is 9.94. The van der Waals surface area contributed by atoms with Gasteiger partial charge in [-0.2, -0.15) is 5.10 Å². The summed E-state index contributed by atoms with van der Waals surface area (Å²) in [6.07, 6.45) is 11.5. The van der Waals surface area contributed by atoms with E-state index in [1.54, 1.807) is 18.6 Å². The van der Waals surface area contributed by atoms with Crippen LogP contribution >= 0.6 is 0 Å². The number of H-pyrrole nitrogens is 2. The summed E-state index contributed by atoms with van der Waals surface area (Å²) in [5.41, 5.74) is 8.18. The molecule has 4 N–H and O–H groups in total. The van der Waals surface area contributed by atoms with E-state index in [1.807, 2.05) is 48.8 Å². The molecule has 9 heteroatoms. The number of hydrogen-bond donors (Lipinski definition) is 4. The predicted molar refractivity (Wildman–Crippen MR) is 156 cm³/mol. The van der Waals surface area contributed by atoms with Gasteiger partial charge in [-0.15, -0.1) is 0 Å². The Morgan fingerprint density at radius 3 is 2.55 bits per heavy atom. The SMILES string of the molecule is O=C(CC1CCNCC1)Nc1cncc(-c2ccc3[nH]nc(-c4cc5c(-c6ccncc6)nccc5[nH]4)c3c2)c1. The minimum atomic E-state index is 0.0397. The van der Waals surface area contributed by atoms with Crippen molar-refractivity contribution in [2.75, 3.05) is 18.4 Å². The summed E-state index contributed by atoms with van der Waals surface area (Å²) in [5, 5.41) is 16.2. The van der Waals surface area contributed by atoms with Crippen molar-refractivity contribution in [3.8, 4) is 33.8 Å². The average Bonchev–Trinajstić information content (AvgIpc) is 3.62. The van der Waals surface area contributed by atoms with Crippen molar-refractivity contribution in [1.82, 2.24) is 35.5 Å². The van der Waals surface area contributed by atoms with Gasteiger partial charge in [-0.1, -0.05) is 6.07 Å². The topological polar surface area (TPSA) is 124 Å². The number of aromatic nitrogens is 6. The van der Waals surface area contributed by atoms with Gasteiger partial charge in [0.15, 0.2) is 0 Å². The number of rotatable bonds is 6. The number of nitrogens with one attached hydrogen (secondary N) is 4. The molecule has 0 unspecified atom stereocenters. The van der Waals surface area contributed by atoms with Crippen LogP contribution in [0.15, 0.2) is 79.5 Å². The zero-order valence-corrected chi connectivity index (χ0v) is 21.8. The number of piperidine rings is 1. The standard InChI is InChI=1S/C31H28N8O/c40-29(13-19-3-8-32-9-4-19)36-23-14-22(17-34-18-23)21-1-2-27-24(15-21)31(39-38-27)28-16-25-26(37-28)7-12-35-30(25)20-5-10-33-11-6-20/h1-2,5-7,10-12,14-19,32,37H,3-4,8-9,13H2,(H,36,40)(H,38,39). The number of amides is 1. The molecule has 40 heavy (non-hydrogen) atoms. The van der Waals surface area contributed by atoms with Gasteiger partial charge >= 0.3 is 0 Å². The third kappa shape index (κ3) is 4.71. The average molecular weight is 529 g/mol. The lowest BCUT2D eigenvalue weighted by Gasteiger charge is -2.21. The summed E-state index contributed by atoms with van der Waals surface area (Å²) < 4.78 is 0. The van der Waals surface area contributed by atoms with E-state index in [0.29, 0.717) is 18.0 Å². The van der Waals surface area contributed by atoms with Gasteiger partial charge in [-0.3, -0.25) is 24.8 Å². The largest absolute Gasteiger partial charge is 0.353 e. The van der Waals surface area contributed by atoms with Gasteiger partial charge in [-0.05, 0) is 79.9 Å². The van der Waals surface area contributed by atoms with Crippen LogP contribution in [-0.2, 0) is 4.79 Å². The Hall–Kier alpha value is -4.89. The highest BCUT2D eigenvalue weighted by Gasteiger charge is 2.18. The molecule has 1 fully saturated rings. The Kier molecular flexibility index (Phi) is 6.25. The van der Waals surface area contributed by atoms with Crippen LogP contribution in [0.3, 0.4) is 0 Å². The molecule has 0 atom stereocenters. The highest BCUT2D eigenvalue weighted by Crippen LogP contribution is 2.34. The fourth-order valence-corrected chi connectivity index (χ4v) is 5.55. The number of hydrogen-bond acceptors (Lipinski definition) is 6. The molecule has 0 bridgehead atoms. The summed E-state index contributed by atoms with van der Waals surface area (Å²) in [6.45, 7) is 1.96. The second-order valence-corrected chi connectivity index (χ2v) is 10.3. The molecule has 5 aromatic heterocycles. The molecule has 0 spiro atoms. The number of carbonyl (C=O) groups excluding carboxylic acids is 1. The molecule has 7 rings (SSSR count). The molecule has 1 amide bonds. The van der Waals surface area contributed by atoms with Crippen molar-refractivity contribution in [2.45, 2.75) is 19.3 Å². The van der Waals surface area contributed by atoms with Crippen molar-refractivity contribution < 1.29 is 4.79 Å². The maximum Gasteiger partial charge on any atom is 0.224 e. The Morgan fingerprint density at radius 1 is 0.825 bits per heavy atom. The number of anilines is 1. The Bertz CT molecular complexity index is 1820. The summed E-state index contributed by atoms with van der Waals surface area (Å²) >= 11 is 0. The van der Waals surface area contributed by atoms with Gasteiger partial charge in [0.25, 0.3) is 0 Å². The van der Waals surface area contributed by atoms with Crippen LogP contribution in [0.25, 0.3) is 55.6 Å². The molecule has 1 aliphatic heterocycles. The van der Waals surface area contributed by atoms with Crippen LogP contribution in [-0.4, -0.2) is 49.1 Å². The lowest BCUT2D eigenvalue weighted by Crippen LogP contribution is -2.30. The highest BCUT2D eigenvalue weighted by molar-refractivity contribution is 6.01. The first-order chi connectivity index (χ1) is 19.7. The third-order valence-electron chi connectivity index (χ3n) is 7.61. The van der Waals surface area contributed by atoms with E-state index in [2.05, 4.69) is 52.9 Å². The van der Waals surface area contributed by atoms with E-state index in [4.69, 9.17) is 0 Å². The van der Waals surface area contributed by atoms with Gasteiger partial charge in [0.1, 0.15) is 5.69 Å². The summed E-state index contributed by atoms with van der Waals surface area (Å²) in [6, 6.07) is 16.1. The molecule has 6 heterocycles. The monoisotopic (exact) mass is 528 g/mol. The maximum atomic E-state index is 12.7. The smallest absolute Gasteiger partial charge is 0.224 e. The van der Waals surface area contributed by atoms with E-state index in [9.17, 15) is 4.79 Å². The van der Waals surface area contributed by atoms with Gasteiger partial charge in [0.05, 0.1) is 28.8 Å². The van der Waals surface area contributed by atoms with Crippen molar-refractivity contribution >= 4 is 33.4 Å². The Morgan fingerprint density at radius 2 is 1.68 bits per heavy atom. The van der Waals surface area contributed by atoms with Crippen LogP contribution in [0.4, 0.5) is 5.69 Å². The van der Waals surface area contributed by atoms with E-state index in [-0.39, 0.29) is 5.91 Å². The van der Waals surface area contributed by atoms with Gasteiger partial charge in [0, 0.05) is 58.6 Å². The third-order valence-corrected chi connectivity index (χ3v) is 7.61. The van der Waals surface area contributed by atoms with Crippen LogP contribution in [0.2, 0.25) is 0 Å². The maximum absolute atomic E-state index is 12.7. The summed E-state index contributed by atoms with van der Waals surface area (Å²) in [4.78, 5) is 29.4. The first-order valence-electron chi connectivity index (χ1n) is 13.5. The normalized spacial score (nSPS) is 14.1. The lowest BCUT2D eigenvalue weighted by molar-refractivity contribution is -0.117. The molecular formula is C31H28N8O. The number of fused-ring (bicyclic) bond motifs is 2. The fraction of sp³-hybridized carbons (Fsp3) is 0.194. The predicted octanol–water partition coefficient (Wildman–Crippen LogP) is 5.56. The number of benzene rings is 1. The molecular weight excluding hydrogens is 500 g/mol. The molecule has 9 nitrogen and oxygen atoms in total. The van der Waals surface area contributed by atoms with Crippen molar-refractivity contribution in [1.29, 1.82) is 0 Å². The van der Waals surface area contributed by atoms with Gasteiger partial charge in [-0.25, -0.2) is 0 Å². The fourth-order valence-electron chi connectivity index (χ4n) is 5.55. The molecule has 0 saturated carbocycles. The minimum Gasteiger partial charge on any atom is -0.353 e. The summed E-state index contributed by atoms with van der Waals surface area (Å²) in [7, 11) is 0. The second-order valence-electron chi connectivity index (χ2n) is 10.3. The first kappa shape index (κ1) is 24.2. The van der Waals surface area contributed by atoms with Crippen LogP contribution in [0, 0.1) is 5.92 Å². The zero-order valence-electron chi connectivity index (χ0n) is 21.8. The van der Waals surface area contributed by atoms with Gasteiger partial charge in [0.2, 0.25) is 5.91 Å². The first-order valence-corrected chi connectivity index (χ1v) is 13.5. The zero-order chi connectivity index (χ0) is 26.9. The van der Waals surface area contributed by atoms with Crippen LogP contribution in [0.5, 0.6) is 0 Å². The molecule has 6 aromatic rings. The van der Waals surface area contributed by atoms with Crippen molar-refractivity contribution in [2.24, 2.45) is 5.92 Å². The molecule has 1 saturated heterocycles. The van der Waals surface area contributed by atoms with Crippen LogP contribution < -0.4 is 10.6 Å². The minimum absolute atomic E-state index is 0.0397. The molecule has 1 aromatic carbocycles. The second kappa shape index (κ2) is 10.3. The quantitative estimate of drug-likeness (QED) is 0.224. The Balaban J connectivity index is 1.19. The molecule has 198 valence electrons. The number of carbonyl (C=O) groups is 1. The number of aromatic amines is 2. The Labute approximate surface area is 230 Å². The van der Waals surface area contributed by atoms with E-state index in [1.165, 1.54) is 0 Å². The summed E-state index contributed by atoms with van der Waals surface area (Å²) in [5.74, 6) is 0.471. The molecule has 0 aliphatic carbocycles.